The van der Waals surface area contributed by atoms with Gasteiger partial charge in [-0.1, -0.05) is 20.3 Å². The van der Waals surface area contributed by atoms with Gasteiger partial charge < -0.3 is 14.2 Å². The molecule has 0 aliphatic carbocycles. The van der Waals surface area contributed by atoms with Gasteiger partial charge in [0.25, 0.3) is 5.95 Å². The van der Waals surface area contributed by atoms with Crippen LogP contribution < -0.4 is 0 Å². The van der Waals surface area contributed by atoms with Crippen molar-refractivity contribution >= 4 is 0 Å². The highest BCUT2D eigenvalue weighted by molar-refractivity contribution is 5.24. The molecule has 0 radical (unpaired) electrons. The Morgan fingerprint density at radius 2 is 1.47 bits per heavy atom. The number of rotatable bonds is 10. The molecule has 112 valence electrons. The van der Waals surface area contributed by atoms with Gasteiger partial charge in [-0.05, 0) is 46.1 Å². The molecule has 0 spiro atoms. The van der Waals surface area contributed by atoms with E-state index in [1.54, 1.807) is 0 Å². The largest absolute Gasteiger partial charge is 0.494 e. The first-order chi connectivity index (χ1) is 9.10. The fourth-order valence-corrected chi connectivity index (χ4v) is 1.57. The third kappa shape index (κ3) is 7.14. The van der Waals surface area contributed by atoms with Crippen LogP contribution in [0, 0.1) is 5.92 Å². The number of ether oxygens (including phenoxy) is 3. The van der Waals surface area contributed by atoms with E-state index in [4.69, 9.17) is 14.2 Å². The van der Waals surface area contributed by atoms with Gasteiger partial charge in [0.05, 0.1) is 25.4 Å². The van der Waals surface area contributed by atoms with Crippen molar-refractivity contribution in [2.24, 2.45) is 5.92 Å². The molecule has 0 aromatic carbocycles. The highest BCUT2D eigenvalue weighted by atomic mass is 16.7. The van der Waals surface area contributed by atoms with Crippen LogP contribution in [0.1, 0.15) is 54.4 Å². The maximum absolute atomic E-state index is 5.72. The molecule has 0 rings (SSSR count). The molecule has 3 nitrogen and oxygen atoms in total. The summed E-state index contributed by atoms with van der Waals surface area (Å²) in [5.74, 6) is 2.11. The van der Waals surface area contributed by atoms with E-state index in [1.165, 1.54) is 6.42 Å². The summed E-state index contributed by atoms with van der Waals surface area (Å²) in [6.07, 6.45) is 4.32. The van der Waals surface area contributed by atoms with E-state index < -0.39 is 0 Å². The van der Waals surface area contributed by atoms with Crippen LogP contribution in [0.25, 0.3) is 0 Å². The minimum absolute atomic E-state index is 0.578. The van der Waals surface area contributed by atoms with Crippen LogP contribution >= 0.6 is 0 Å². The van der Waals surface area contributed by atoms with Gasteiger partial charge in [0, 0.05) is 0 Å². The molecular weight excluding hydrogens is 240 g/mol. The van der Waals surface area contributed by atoms with Gasteiger partial charge in [0.15, 0.2) is 0 Å². The molecule has 0 heterocycles. The zero-order valence-electron chi connectivity index (χ0n) is 13.4. The standard InChI is InChI=1S/C16H30O3/c1-7-13(5)11-12-15(17-8-2)14(6)16(18-9-3)19-10-4/h12-13H,7-11H2,1-6H3. The Bertz CT molecular complexity index is 284. The zero-order valence-corrected chi connectivity index (χ0v) is 13.4. The Labute approximate surface area is 118 Å². The Balaban J connectivity index is 5.04. The summed E-state index contributed by atoms with van der Waals surface area (Å²) in [6, 6.07) is 0. The first kappa shape index (κ1) is 17.9. The van der Waals surface area contributed by atoms with Crippen LogP contribution in [0.5, 0.6) is 0 Å². The Hall–Kier alpha value is -1.12. The van der Waals surface area contributed by atoms with Crippen LogP contribution in [0.2, 0.25) is 0 Å². The lowest BCUT2D eigenvalue weighted by molar-refractivity contribution is 0.0410. The first-order valence-electron chi connectivity index (χ1n) is 7.40. The molecule has 1 atom stereocenters. The molecule has 0 aliphatic rings. The molecule has 1 unspecified atom stereocenters. The van der Waals surface area contributed by atoms with E-state index in [2.05, 4.69) is 19.9 Å². The maximum atomic E-state index is 5.72. The molecule has 0 amide bonds. The SMILES string of the molecule is CCOC(=CCC(C)CC)C(C)=C(OCC)OCC. The van der Waals surface area contributed by atoms with Gasteiger partial charge >= 0.3 is 0 Å². The molecule has 0 saturated heterocycles. The fourth-order valence-electron chi connectivity index (χ4n) is 1.57. The fraction of sp³-hybridized carbons (Fsp3) is 0.750. The van der Waals surface area contributed by atoms with Gasteiger partial charge in [0.1, 0.15) is 5.76 Å². The molecule has 0 N–H and O–H groups in total. The summed E-state index contributed by atoms with van der Waals surface area (Å²) in [6.45, 7) is 14.2. The van der Waals surface area contributed by atoms with E-state index in [9.17, 15) is 0 Å². The number of allylic oxidation sites excluding steroid dienone is 2. The quantitative estimate of drug-likeness (QED) is 0.427. The average Bonchev–Trinajstić information content (AvgIpc) is 2.42. The summed E-state index contributed by atoms with van der Waals surface area (Å²) < 4.78 is 16.8. The van der Waals surface area contributed by atoms with Crippen LogP contribution in [-0.2, 0) is 14.2 Å². The van der Waals surface area contributed by atoms with Crippen molar-refractivity contribution in [2.45, 2.75) is 54.4 Å². The van der Waals surface area contributed by atoms with Crippen molar-refractivity contribution in [1.82, 2.24) is 0 Å². The lowest BCUT2D eigenvalue weighted by Gasteiger charge is -2.16. The zero-order chi connectivity index (χ0) is 14.7. The Morgan fingerprint density at radius 1 is 0.947 bits per heavy atom. The van der Waals surface area contributed by atoms with Crippen LogP contribution in [0.3, 0.4) is 0 Å². The van der Waals surface area contributed by atoms with E-state index in [0.29, 0.717) is 31.7 Å². The first-order valence-corrected chi connectivity index (χ1v) is 7.40. The molecule has 0 fully saturated rings. The number of hydrogen-bond donors (Lipinski definition) is 0. The van der Waals surface area contributed by atoms with Crippen LogP contribution in [0.15, 0.2) is 23.4 Å². The Morgan fingerprint density at radius 3 is 1.89 bits per heavy atom. The molecule has 3 heteroatoms. The molecule has 0 aliphatic heterocycles. The van der Waals surface area contributed by atoms with Gasteiger partial charge in [-0.25, -0.2) is 0 Å². The summed E-state index contributed by atoms with van der Waals surface area (Å²) >= 11 is 0. The summed E-state index contributed by atoms with van der Waals surface area (Å²) in [5, 5.41) is 0. The second-order valence-corrected chi connectivity index (χ2v) is 4.53. The highest BCUT2D eigenvalue weighted by Crippen LogP contribution is 2.20. The third-order valence-electron chi connectivity index (χ3n) is 2.93. The van der Waals surface area contributed by atoms with E-state index >= 15 is 0 Å². The highest BCUT2D eigenvalue weighted by Gasteiger charge is 2.11. The lowest BCUT2D eigenvalue weighted by atomic mass is 10.0. The summed E-state index contributed by atoms with van der Waals surface area (Å²) in [5.41, 5.74) is 0.939. The van der Waals surface area contributed by atoms with Gasteiger partial charge in [-0.15, -0.1) is 0 Å². The predicted octanol–water partition coefficient (Wildman–Crippen LogP) is 4.65. The normalized spacial score (nSPS) is 12.8. The van der Waals surface area contributed by atoms with Crippen molar-refractivity contribution in [1.29, 1.82) is 0 Å². The van der Waals surface area contributed by atoms with Gasteiger partial charge in [0.2, 0.25) is 0 Å². The van der Waals surface area contributed by atoms with Crippen molar-refractivity contribution in [3.05, 3.63) is 23.4 Å². The third-order valence-corrected chi connectivity index (χ3v) is 2.93. The summed E-state index contributed by atoms with van der Waals surface area (Å²) in [7, 11) is 0. The molecule has 0 saturated carbocycles. The van der Waals surface area contributed by atoms with Crippen molar-refractivity contribution in [3.8, 4) is 0 Å². The number of hydrogen-bond acceptors (Lipinski definition) is 3. The van der Waals surface area contributed by atoms with Crippen LogP contribution in [-0.4, -0.2) is 19.8 Å². The van der Waals surface area contributed by atoms with E-state index in [0.717, 1.165) is 17.8 Å². The monoisotopic (exact) mass is 270 g/mol. The predicted molar refractivity (Wildman–Crippen MR) is 79.7 cm³/mol. The van der Waals surface area contributed by atoms with Crippen molar-refractivity contribution in [3.63, 3.8) is 0 Å². The maximum Gasteiger partial charge on any atom is 0.285 e. The van der Waals surface area contributed by atoms with Crippen LogP contribution in [0.4, 0.5) is 0 Å². The second-order valence-electron chi connectivity index (χ2n) is 4.53. The van der Waals surface area contributed by atoms with Gasteiger partial charge in [-0.2, -0.15) is 0 Å². The molecule has 0 bridgehead atoms. The van der Waals surface area contributed by atoms with E-state index in [1.807, 2.05) is 27.7 Å². The molecule has 0 aromatic heterocycles. The smallest absolute Gasteiger partial charge is 0.285 e. The van der Waals surface area contributed by atoms with Crippen molar-refractivity contribution < 1.29 is 14.2 Å². The van der Waals surface area contributed by atoms with Gasteiger partial charge in [-0.3, -0.25) is 0 Å². The molecule has 19 heavy (non-hydrogen) atoms. The van der Waals surface area contributed by atoms with E-state index in [-0.39, 0.29) is 0 Å². The second kappa shape index (κ2) is 10.8. The lowest BCUT2D eigenvalue weighted by Crippen LogP contribution is -2.05. The topological polar surface area (TPSA) is 27.7 Å². The molecule has 0 aromatic rings. The minimum atomic E-state index is 0.578. The summed E-state index contributed by atoms with van der Waals surface area (Å²) in [4.78, 5) is 0. The Kier molecular flexibility index (Phi) is 10.1. The molecular formula is C16H30O3. The average molecular weight is 270 g/mol. The van der Waals surface area contributed by atoms with Crippen molar-refractivity contribution in [2.75, 3.05) is 19.8 Å². The minimum Gasteiger partial charge on any atom is -0.494 e.